The van der Waals surface area contributed by atoms with Gasteiger partial charge in [-0.15, -0.1) is 0 Å². The van der Waals surface area contributed by atoms with Crippen LogP contribution in [0.25, 0.3) is 0 Å². The van der Waals surface area contributed by atoms with Gasteiger partial charge in [0.2, 0.25) is 0 Å². The van der Waals surface area contributed by atoms with Crippen molar-refractivity contribution in [3.8, 4) is 11.5 Å². The number of carbonyl (C=O) groups excluding carboxylic acids is 2. The number of amides is 1. The van der Waals surface area contributed by atoms with Crippen LogP contribution in [0.5, 0.6) is 11.5 Å². The third-order valence-electron chi connectivity index (χ3n) is 3.95. The number of carbonyl (C=O) groups is 2. The number of hydrogen-bond donors (Lipinski definition) is 0. The van der Waals surface area contributed by atoms with Gasteiger partial charge < -0.3 is 19.1 Å². The Hall–Kier alpha value is -2.84. The van der Waals surface area contributed by atoms with Crippen molar-refractivity contribution < 1.29 is 28.7 Å². The zero-order valence-electron chi connectivity index (χ0n) is 14.1. The van der Waals surface area contributed by atoms with Crippen molar-refractivity contribution in [1.82, 2.24) is 4.90 Å². The van der Waals surface area contributed by atoms with Crippen molar-refractivity contribution >= 4 is 17.6 Å². The Kier molecular flexibility index (Phi) is 6.15. The second kappa shape index (κ2) is 8.32. The van der Waals surface area contributed by atoms with Crippen molar-refractivity contribution in [1.29, 1.82) is 0 Å². The molecule has 1 aromatic rings. The van der Waals surface area contributed by atoms with Crippen molar-refractivity contribution in [3.63, 3.8) is 0 Å². The molecule has 0 aliphatic carbocycles. The van der Waals surface area contributed by atoms with Gasteiger partial charge in [-0.1, -0.05) is 0 Å². The first-order valence-electron chi connectivity index (χ1n) is 7.83. The van der Waals surface area contributed by atoms with Crippen LogP contribution in [0.3, 0.4) is 0 Å². The maximum absolute atomic E-state index is 12.2. The van der Waals surface area contributed by atoms with Crippen LogP contribution in [0, 0.1) is 10.1 Å². The number of nitro benzene ring substituents is 1. The van der Waals surface area contributed by atoms with Gasteiger partial charge in [0.25, 0.3) is 11.6 Å². The Morgan fingerprint density at radius 1 is 1.12 bits per heavy atom. The number of piperidine rings is 1. The highest BCUT2D eigenvalue weighted by molar-refractivity contribution is 5.96. The number of likely N-dealkylation sites (tertiary alicyclic amines) is 1. The molecule has 136 valence electrons. The quantitative estimate of drug-likeness (QED) is 0.436. The molecule has 1 amide bonds. The Balaban J connectivity index is 2.14. The number of methoxy groups -OCH3 is 2. The molecule has 1 saturated heterocycles. The standard InChI is InChI=1S/C16H20N2O7/c1-23-13-8-11(12(18(21)22)9-14(13)24-2)16(20)25-10-15(19)17-6-4-3-5-7-17/h8-9H,3-7,10H2,1-2H3. The molecule has 1 aromatic carbocycles. The number of esters is 1. The van der Waals surface area contributed by atoms with Gasteiger partial charge in [-0.05, 0) is 19.3 Å². The van der Waals surface area contributed by atoms with Gasteiger partial charge in [0.15, 0.2) is 18.1 Å². The van der Waals surface area contributed by atoms with E-state index >= 15 is 0 Å². The fourth-order valence-corrected chi connectivity index (χ4v) is 2.62. The molecule has 1 aliphatic rings. The average molecular weight is 352 g/mol. The second-order valence-electron chi connectivity index (χ2n) is 5.50. The second-order valence-corrected chi connectivity index (χ2v) is 5.50. The molecular formula is C16H20N2O7. The zero-order chi connectivity index (χ0) is 18.4. The minimum atomic E-state index is -0.960. The van der Waals surface area contributed by atoms with Crippen LogP contribution in [0.4, 0.5) is 5.69 Å². The number of rotatable bonds is 6. The highest BCUT2D eigenvalue weighted by Gasteiger charge is 2.27. The van der Waals surface area contributed by atoms with Gasteiger partial charge in [0.05, 0.1) is 25.2 Å². The maximum Gasteiger partial charge on any atom is 0.345 e. The molecule has 0 atom stereocenters. The molecule has 0 saturated carbocycles. The fraction of sp³-hybridized carbons (Fsp3) is 0.500. The fourth-order valence-electron chi connectivity index (χ4n) is 2.62. The highest BCUT2D eigenvalue weighted by Crippen LogP contribution is 2.34. The van der Waals surface area contributed by atoms with Crippen molar-refractivity contribution in [3.05, 3.63) is 27.8 Å². The summed E-state index contributed by atoms with van der Waals surface area (Å²) in [7, 11) is 2.68. The van der Waals surface area contributed by atoms with Crippen molar-refractivity contribution in [2.75, 3.05) is 33.9 Å². The molecule has 0 spiro atoms. The van der Waals surface area contributed by atoms with Gasteiger partial charge in [0.1, 0.15) is 5.56 Å². The maximum atomic E-state index is 12.2. The summed E-state index contributed by atoms with van der Waals surface area (Å²) in [5.74, 6) is -0.994. The molecule has 0 N–H and O–H groups in total. The van der Waals surface area contributed by atoms with Crippen LogP contribution in [0.1, 0.15) is 29.6 Å². The van der Waals surface area contributed by atoms with Crippen LogP contribution in [0.2, 0.25) is 0 Å². The number of benzene rings is 1. The Bertz CT molecular complexity index is 669. The molecule has 1 heterocycles. The Morgan fingerprint density at radius 2 is 1.72 bits per heavy atom. The highest BCUT2D eigenvalue weighted by atomic mass is 16.6. The van der Waals surface area contributed by atoms with Crippen molar-refractivity contribution in [2.24, 2.45) is 0 Å². The molecule has 2 rings (SSSR count). The van der Waals surface area contributed by atoms with E-state index in [0.29, 0.717) is 13.1 Å². The minimum absolute atomic E-state index is 0.121. The summed E-state index contributed by atoms with van der Waals surface area (Å²) in [5.41, 5.74) is -0.776. The van der Waals surface area contributed by atoms with E-state index in [4.69, 9.17) is 14.2 Å². The Labute approximate surface area is 144 Å². The summed E-state index contributed by atoms with van der Waals surface area (Å²) in [6.45, 7) is 0.810. The minimum Gasteiger partial charge on any atom is -0.493 e. The summed E-state index contributed by atoms with van der Waals surface area (Å²) in [4.78, 5) is 36.4. The Morgan fingerprint density at radius 3 is 2.28 bits per heavy atom. The lowest BCUT2D eigenvalue weighted by atomic mass is 10.1. The first-order valence-corrected chi connectivity index (χ1v) is 7.83. The SMILES string of the molecule is COc1cc(C(=O)OCC(=O)N2CCCCC2)c([N+](=O)[O-])cc1OC. The molecule has 1 fully saturated rings. The van der Waals surface area contributed by atoms with Gasteiger partial charge in [-0.25, -0.2) is 4.79 Å². The first-order chi connectivity index (χ1) is 12.0. The molecule has 1 aliphatic heterocycles. The predicted octanol–water partition coefficient (Wildman–Crippen LogP) is 1.78. The number of nitrogens with zero attached hydrogens (tertiary/aromatic N) is 2. The van der Waals surface area contributed by atoms with E-state index in [1.54, 1.807) is 4.90 Å². The molecule has 9 heteroatoms. The number of ether oxygens (including phenoxy) is 3. The van der Waals surface area contributed by atoms with E-state index in [-0.39, 0.29) is 23.0 Å². The van der Waals surface area contributed by atoms with E-state index in [9.17, 15) is 19.7 Å². The van der Waals surface area contributed by atoms with Crippen LogP contribution >= 0.6 is 0 Å². The van der Waals surface area contributed by atoms with E-state index in [0.717, 1.165) is 25.3 Å². The average Bonchev–Trinajstić information content (AvgIpc) is 2.65. The van der Waals surface area contributed by atoms with Gasteiger partial charge in [-0.2, -0.15) is 0 Å². The lowest BCUT2D eigenvalue weighted by Gasteiger charge is -2.26. The van der Waals surface area contributed by atoms with E-state index in [1.807, 2.05) is 0 Å². The largest absolute Gasteiger partial charge is 0.493 e. The number of hydrogen-bond acceptors (Lipinski definition) is 7. The van der Waals surface area contributed by atoms with Gasteiger partial charge in [-0.3, -0.25) is 14.9 Å². The van der Waals surface area contributed by atoms with Crippen LogP contribution < -0.4 is 9.47 Å². The summed E-state index contributed by atoms with van der Waals surface area (Å²) >= 11 is 0. The van der Waals surface area contributed by atoms with E-state index in [1.165, 1.54) is 20.3 Å². The summed E-state index contributed by atoms with van der Waals surface area (Å²) in [6.07, 6.45) is 2.91. The third kappa shape index (κ3) is 4.37. The van der Waals surface area contributed by atoms with Crippen LogP contribution in [-0.2, 0) is 9.53 Å². The number of nitro groups is 1. The first kappa shape index (κ1) is 18.5. The van der Waals surface area contributed by atoms with E-state index < -0.39 is 23.2 Å². The van der Waals surface area contributed by atoms with E-state index in [2.05, 4.69) is 0 Å². The molecule has 0 aromatic heterocycles. The van der Waals surface area contributed by atoms with Gasteiger partial charge in [0, 0.05) is 19.2 Å². The van der Waals surface area contributed by atoms with Gasteiger partial charge >= 0.3 is 5.97 Å². The predicted molar refractivity (Wildman–Crippen MR) is 86.9 cm³/mol. The molecule has 9 nitrogen and oxygen atoms in total. The molecular weight excluding hydrogens is 332 g/mol. The summed E-state index contributed by atoms with van der Waals surface area (Å²) in [6, 6.07) is 2.26. The molecule has 25 heavy (non-hydrogen) atoms. The molecule has 0 radical (unpaired) electrons. The monoisotopic (exact) mass is 352 g/mol. The third-order valence-corrected chi connectivity index (χ3v) is 3.95. The van der Waals surface area contributed by atoms with Crippen LogP contribution in [0.15, 0.2) is 12.1 Å². The van der Waals surface area contributed by atoms with Crippen LogP contribution in [-0.4, -0.2) is 55.6 Å². The smallest absolute Gasteiger partial charge is 0.345 e. The zero-order valence-corrected chi connectivity index (χ0v) is 14.1. The summed E-state index contributed by atoms with van der Waals surface area (Å²) < 4.78 is 15.0. The lowest BCUT2D eigenvalue weighted by molar-refractivity contribution is -0.385. The summed E-state index contributed by atoms with van der Waals surface area (Å²) in [5, 5.41) is 11.2. The molecule has 0 unspecified atom stereocenters. The lowest BCUT2D eigenvalue weighted by Crippen LogP contribution is -2.38. The van der Waals surface area contributed by atoms with Crippen molar-refractivity contribution in [2.45, 2.75) is 19.3 Å². The normalized spacial score (nSPS) is 13.9. The molecule has 0 bridgehead atoms. The topological polar surface area (TPSA) is 108 Å².